The summed E-state index contributed by atoms with van der Waals surface area (Å²) < 4.78 is 4.50. The lowest BCUT2D eigenvalue weighted by Crippen LogP contribution is -2.35. The molecular weight excluding hydrogens is 380 g/mol. The molecule has 0 aliphatic carbocycles. The Balaban J connectivity index is 1.44. The van der Waals surface area contributed by atoms with Gasteiger partial charge in [0.25, 0.3) is 5.91 Å². The van der Waals surface area contributed by atoms with Crippen LogP contribution in [-0.4, -0.2) is 46.3 Å². The van der Waals surface area contributed by atoms with E-state index < -0.39 is 0 Å². The average Bonchev–Trinajstić information content (AvgIpc) is 3.07. The molecule has 2 heterocycles. The summed E-state index contributed by atoms with van der Waals surface area (Å²) >= 11 is 7.33. The molecular formula is C20H19ClN4OS. The van der Waals surface area contributed by atoms with Crippen LogP contribution in [0, 0.1) is 0 Å². The van der Waals surface area contributed by atoms with Crippen molar-refractivity contribution in [2.75, 3.05) is 31.1 Å². The van der Waals surface area contributed by atoms with Crippen LogP contribution < -0.4 is 4.90 Å². The topological polar surface area (TPSA) is 49.3 Å². The van der Waals surface area contributed by atoms with Crippen LogP contribution in [0.3, 0.4) is 0 Å². The number of rotatable bonds is 3. The zero-order valence-electron chi connectivity index (χ0n) is 14.7. The Labute approximate surface area is 167 Å². The van der Waals surface area contributed by atoms with Gasteiger partial charge in [0.05, 0.1) is 0 Å². The standard InChI is InChI=1S/C20H19ClN4OS/c21-17-9-7-16(8-10-17)19(26)24-11-4-12-25(14-13-24)20-22-18(23-27-20)15-5-2-1-3-6-15/h1-3,5-10H,4,11-14H2. The highest BCUT2D eigenvalue weighted by Gasteiger charge is 2.22. The van der Waals surface area contributed by atoms with E-state index in [0.717, 1.165) is 42.6 Å². The summed E-state index contributed by atoms with van der Waals surface area (Å²) in [6.45, 7) is 3.03. The smallest absolute Gasteiger partial charge is 0.253 e. The molecule has 3 aromatic rings. The van der Waals surface area contributed by atoms with Crippen LogP contribution in [-0.2, 0) is 0 Å². The molecule has 1 aliphatic heterocycles. The number of hydrogen-bond acceptors (Lipinski definition) is 5. The summed E-state index contributed by atoms with van der Waals surface area (Å²) in [7, 11) is 0. The molecule has 5 nitrogen and oxygen atoms in total. The van der Waals surface area contributed by atoms with E-state index in [9.17, 15) is 4.79 Å². The summed E-state index contributed by atoms with van der Waals surface area (Å²) in [5, 5.41) is 1.55. The zero-order chi connectivity index (χ0) is 18.6. The van der Waals surface area contributed by atoms with E-state index in [4.69, 9.17) is 16.6 Å². The summed E-state index contributed by atoms with van der Waals surface area (Å²) in [6, 6.07) is 17.1. The van der Waals surface area contributed by atoms with Gasteiger partial charge in [-0.1, -0.05) is 41.9 Å². The lowest BCUT2D eigenvalue weighted by atomic mass is 10.2. The Hall–Kier alpha value is -2.44. The van der Waals surface area contributed by atoms with Gasteiger partial charge in [0, 0.05) is 53.9 Å². The third-order valence-electron chi connectivity index (χ3n) is 4.59. The van der Waals surface area contributed by atoms with Gasteiger partial charge in [-0.15, -0.1) is 0 Å². The van der Waals surface area contributed by atoms with Crippen molar-refractivity contribution in [3.63, 3.8) is 0 Å². The van der Waals surface area contributed by atoms with Crippen molar-refractivity contribution in [1.82, 2.24) is 14.3 Å². The predicted molar refractivity (Wildman–Crippen MR) is 110 cm³/mol. The first-order chi connectivity index (χ1) is 13.2. The number of hydrogen-bond donors (Lipinski definition) is 0. The van der Waals surface area contributed by atoms with Crippen molar-refractivity contribution in [3.05, 3.63) is 65.2 Å². The highest BCUT2D eigenvalue weighted by Crippen LogP contribution is 2.25. The monoisotopic (exact) mass is 398 g/mol. The first kappa shape index (κ1) is 17.9. The fourth-order valence-electron chi connectivity index (χ4n) is 3.14. The van der Waals surface area contributed by atoms with Gasteiger partial charge in [-0.05, 0) is 30.7 Å². The van der Waals surface area contributed by atoms with Crippen LogP contribution in [0.25, 0.3) is 11.4 Å². The van der Waals surface area contributed by atoms with Gasteiger partial charge in [-0.3, -0.25) is 4.79 Å². The summed E-state index contributed by atoms with van der Waals surface area (Å²) in [5.74, 6) is 0.810. The van der Waals surface area contributed by atoms with E-state index in [0.29, 0.717) is 17.1 Å². The van der Waals surface area contributed by atoms with Crippen molar-refractivity contribution in [1.29, 1.82) is 0 Å². The van der Waals surface area contributed by atoms with E-state index in [1.54, 1.807) is 24.3 Å². The van der Waals surface area contributed by atoms with Gasteiger partial charge in [-0.2, -0.15) is 9.36 Å². The number of carbonyl (C=O) groups is 1. The minimum atomic E-state index is 0.0516. The summed E-state index contributed by atoms with van der Waals surface area (Å²) in [6.07, 6.45) is 0.902. The molecule has 1 amide bonds. The first-order valence-electron chi connectivity index (χ1n) is 8.89. The van der Waals surface area contributed by atoms with Gasteiger partial charge < -0.3 is 9.80 Å². The molecule has 1 saturated heterocycles. The van der Waals surface area contributed by atoms with Crippen LogP contribution in [0.15, 0.2) is 54.6 Å². The number of aromatic nitrogens is 2. The fourth-order valence-corrected chi connectivity index (χ4v) is 4.00. The van der Waals surface area contributed by atoms with Gasteiger partial charge in [0.1, 0.15) is 0 Å². The number of nitrogens with zero attached hydrogens (tertiary/aromatic N) is 4. The molecule has 1 fully saturated rings. The number of halogens is 1. The maximum Gasteiger partial charge on any atom is 0.253 e. The molecule has 0 spiro atoms. The van der Waals surface area contributed by atoms with E-state index in [2.05, 4.69) is 9.27 Å². The quantitative estimate of drug-likeness (QED) is 0.663. The maximum atomic E-state index is 12.7. The molecule has 138 valence electrons. The van der Waals surface area contributed by atoms with Gasteiger partial charge in [0.15, 0.2) is 5.82 Å². The van der Waals surface area contributed by atoms with Crippen molar-refractivity contribution < 1.29 is 4.79 Å². The Morgan fingerprint density at radius 1 is 0.963 bits per heavy atom. The molecule has 1 aromatic heterocycles. The van der Waals surface area contributed by atoms with E-state index in [1.807, 2.05) is 35.2 Å². The zero-order valence-corrected chi connectivity index (χ0v) is 16.3. The van der Waals surface area contributed by atoms with Crippen molar-refractivity contribution in [3.8, 4) is 11.4 Å². The Bertz CT molecular complexity index is 913. The minimum absolute atomic E-state index is 0.0516. The molecule has 1 aliphatic rings. The normalized spacial score (nSPS) is 14.9. The number of benzene rings is 2. The molecule has 0 atom stereocenters. The lowest BCUT2D eigenvalue weighted by Gasteiger charge is -2.21. The molecule has 0 N–H and O–H groups in total. The number of anilines is 1. The van der Waals surface area contributed by atoms with Gasteiger partial charge >= 0.3 is 0 Å². The largest absolute Gasteiger partial charge is 0.345 e. The van der Waals surface area contributed by atoms with Crippen LogP contribution in [0.4, 0.5) is 5.13 Å². The summed E-state index contributed by atoms with van der Waals surface area (Å²) in [5.41, 5.74) is 1.70. The number of amides is 1. The van der Waals surface area contributed by atoms with Crippen molar-refractivity contribution >= 4 is 34.2 Å². The first-order valence-corrected chi connectivity index (χ1v) is 10.0. The lowest BCUT2D eigenvalue weighted by molar-refractivity contribution is 0.0767. The second-order valence-corrected chi connectivity index (χ2v) is 7.57. The van der Waals surface area contributed by atoms with Crippen LogP contribution >= 0.6 is 23.1 Å². The number of carbonyl (C=O) groups excluding carboxylic acids is 1. The minimum Gasteiger partial charge on any atom is -0.345 e. The second-order valence-electron chi connectivity index (χ2n) is 6.41. The van der Waals surface area contributed by atoms with Crippen molar-refractivity contribution in [2.24, 2.45) is 0 Å². The SMILES string of the molecule is O=C(c1ccc(Cl)cc1)N1CCCN(c2nc(-c3ccccc3)ns2)CC1. The molecule has 27 heavy (non-hydrogen) atoms. The molecule has 0 radical (unpaired) electrons. The molecule has 7 heteroatoms. The Morgan fingerprint density at radius 2 is 1.74 bits per heavy atom. The maximum absolute atomic E-state index is 12.7. The molecule has 0 bridgehead atoms. The highest BCUT2D eigenvalue weighted by atomic mass is 35.5. The highest BCUT2D eigenvalue weighted by molar-refractivity contribution is 7.09. The molecule has 0 saturated carbocycles. The molecule has 0 unspecified atom stereocenters. The summed E-state index contributed by atoms with van der Waals surface area (Å²) in [4.78, 5) is 21.6. The van der Waals surface area contributed by atoms with Crippen LogP contribution in [0.2, 0.25) is 5.02 Å². The average molecular weight is 399 g/mol. The van der Waals surface area contributed by atoms with Gasteiger partial charge in [0.2, 0.25) is 5.13 Å². The molecule has 4 rings (SSSR count). The third-order valence-corrected chi connectivity index (χ3v) is 5.62. The van der Waals surface area contributed by atoms with E-state index in [1.165, 1.54) is 11.5 Å². The van der Waals surface area contributed by atoms with Crippen LogP contribution in [0.5, 0.6) is 0 Å². The van der Waals surface area contributed by atoms with Crippen LogP contribution in [0.1, 0.15) is 16.8 Å². The Kier molecular flexibility index (Phi) is 5.36. The van der Waals surface area contributed by atoms with Crippen molar-refractivity contribution in [2.45, 2.75) is 6.42 Å². The third kappa shape index (κ3) is 4.12. The second kappa shape index (κ2) is 8.06. The fraction of sp³-hybridized carbons (Fsp3) is 0.250. The molecule has 2 aromatic carbocycles. The van der Waals surface area contributed by atoms with E-state index >= 15 is 0 Å². The predicted octanol–water partition coefficient (Wildman–Crippen LogP) is 4.21. The van der Waals surface area contributed by atoms with Gasteiger partial charge in [-0.25, -0.2) is 0 Å². The Morgan fingerprint density at radius 3 is 2.52 bits per heavy atom. The van der Waals surface area contributed by atoms with E-state index in [-0.39, 0.29) is 5.91 Å².